The van der Waals surface area contributed by atoms with Gasteiger partial charge in [-0.15, -0.1) is 0 Å². The summed E-state index contributed by atoms with van der Waals surface area (Å²) in [7, 11) is -3.13. The molecule has 0 rings (SSSR count). The summed E-state index contributed by atoms with van der Waals surface area (Å²) in [6.07, 6.45) is 0. The second-order valence-corrected chi connectivity index (χ2v) is 0.848. The van der Waals surface area contributed by atoms with Crippen LogP contribution in [0.15, 0.2) is 0 Å². The van der Waals surface area contributed by atoms with Crippen LogP contribution in [0.4, 0.5) is 0 Å². The molecule has 2 N–H and O–H groups in total. The maximum absolute atomic E-state index is 8.74. The van der Waals surface area contributed by atoms with Crippen LogP contribution in [0.1, 0.15) is 0 Å². The van der Waals surface area contributed by atoms with E-state index in [-0.39, 0.29) is 37.7 Å². The van der Waals surface area contributed by atoms with E-state index in [1.807, 2.05) is 0 Å². The van der Waals surface area contributed by atoms with Gasteiger partial charge in [-0.1, -0.05) is 0 Å². The van der Waals surface area contributed by atoms with Gasteiger partial charge in [-0.2, -0.15) is 0 Å². The second kappa shape index (κ2) is 4.88. The van der Waals surface area contributed by atoms with Crippen LogP contribution in [-0.2, 0) is 4.46 Å². The summed E-state index contributed by atoms with van der Waals surface area (Å²) in [5.74, 6) is 0. The van der Waals surface area contributed by atoms with Crippen molar-refractivity contribution in [1.82, 2.24) is 0 Å². The Morgan fingerprint density at radius 1 is 1.40 bits per heavy atom. The molecule has 0 aromatic heterocycles. The molecule has 3 nitrogen and oxygen atoms in total. The molecule has 0 heterocycles. The molecular formula is H2CaO3Si+2. The van der Waals surface area contributed by atoms with Crippen LogP contribution >= 0.6 is 0 Å². The minimum absolute atomic E-state index is 0. The first-order chi connectivity index (χ1) is 1.73. The van der Waals surface area contributed by atoms with Crippen molar-refractivity contribution >= 4 is 46.9 Å². The number of hydrogen-bond acceptors (Lipinski definition) is 1. The summed E-state index contributed by atoms with van der Waals surface area (Å²) in [6, 6.07) is 0. The van der Waals surface area contributed by atoms with Crippen LogP contribution < -0.4 is 0 Å². The average Bonchev–Trinajstić information content (AvgIpc) is 0.811. The molecule has 0 amide bonds. The van der Waals surface area contributed by atoms with Crippen molar-refractivity contribution < 1.29 is 14.1 Å². The minimum Gasteiger partial charge on any atom is -0.511 e. The van der Waals surface area contributed by atoms with E-state index in [0.717, 1.165) is 0 Å². The molecule has 0 atom stereocenters. The van der Waals surface area contributed by atoms with Gasteiger partial charge < -0.3 is 9.59 Å². The molecule has 0 radical (unpaired) electrons. The monoisotopic (exact) mass is 118 g/mol. The van der Waals surface area contributed by atoms with E-state index >= 15 is 0 Å². The van der Waals surface area contributed by atoms with E-state index in [1.165, 1.54) is 0 Å². The van der Waals surface area contributed by atoms with E-state index in [0.29, 0.717) is 0 Å². The molecule has 24 valence electrons. The topological polar surface area (TPSA) is 57.5 Å². The van der Waals surface area contributed by atoms with Crippen molar-refractivity contribution in [2.45, 2.75) is 0 Å². The van der Waals surface area contributed by atoms with Crippen LogP contribution in [0.5, 0.6) is 0 Å². The molecule has 5 heavy (non-hydrogen) atoms. The quantitative estimate of drug-likeness (QED) is 0.362. The van der Waals surface area contributed by atoms with Gasteiger partial charge >= 0.3 is 46.9 Å². The summed E-state index contributed by atoms with van der Waals surface area (Å²) in [4.78, 5) is 14.3. The third kappa shape index (κ3) is 52.5. The van der Waals surface area contributed by atoms with E-state index in [1.54, 1.807) is 0 Å². The minimum atomic E-state index is -3.13. The predicted molar refractivity (Wildman–Crippen MR) is 16.6 cm³/mol. The first-order valence-electron chi connectivity index (χ1n) is 0.651. The molecule has 0 aliphatic heterocycles. The Morgan fingerprint density at radius 3 is 1.40 bits per heavy atom. The first-order valence-corrected chi connectivity index (χ1v) is 1.95. The van der Waals surface area contributed by atoms with E-state index < -0.39 is 9.17 Å². The van der Waals surface area contributed by atoms with Gasteiger partial charge in [0.15, 0.2) is 0 Å². The van der Waals surface area contributed by atoms with Crippen molar-refractivity contribution in [3.05, 3.63) is 0 Å². The Labute approximate surface area is 60.5 Å². The van der Waals surface area contributed by atoms with Gasteiger partial charge in [-0.3, -0.25) is 4.46 Å². The van der Waals surface area contributed by atoms with Gasteiger partial charge in [0.1, 0.15) is 0 Å². The third-order valence-corrected chi connectivity index (χ3v) is 0. The van der Waals surface area contributed by atoms with Gasteiger partial charge in [0, 0.05) is 0 Å². The van der Waals surface area contributed by atoms with Crippen LogP contribution in [-0.4, -0.2) is 56.5 Å². The van der Waals surface area contributed by atoms with Gasteiger partial charge in [0.05, 0.1) is 0 Å². The van der Waals surface area contributed by atoms with Crippen LogP contribution in [0.2, 0.25) is 0 Å². The van der Waals surface area contributed by atoms with Gasteiger partial charge in [-0.05, 0) is 0 Å². The molecule has 0 unspecified atom stereocenters. The number of rotatable bonds is 0. The molecule has 0 aromatic rings. The smallest absolute Gasteiger partial charge is 0.511 e. The Hall–Kier alpha value is 0.877. The third-order valence-electron chi connectivity index (χ3n) is 0. The van der Waals surface area contributed by atoms with Gasteiger partial charge in [0.25, 0.3) is 0 Å². The molecule has 0 aliphatic rings. The average molecular weight is 118 g/mol. The van der Waals surface area contributed by atoms with E-state index in [9.17, 15) is 0 Å². The summed E-state index contributed by atoms with van der Waals surface area (Å²) < 4.78 is 8.74. The number of hydrogen-bond donors (Lipinski definition) is 2. The van der Waals surface area contributed by atoms with Crippen molar-refractivity contribution in [1.29, 1.82) is 0 Å². The summed E-state index contributed by atoms with van der Waals surface area (Å²) in [5.41, 5.74) is 0. The fourth-order valence-corrected chi connectivity index (χ4v) is 0. The molecule has 0 spiro atoms. The second-order valence-electron chi connectivity index (χ2n) is 0.283. The van der Waals surface area contributed by atoms with Gasteiger partial charge in [0.2, 0.25) is 0 Å². The standard InChI is InChI=1S/Ca.H2O3Si/c;1-4(2)3/h;1-2H/q+2;. The fraction of sp³-hybridized carbons (Fsp3) is 0. The van der Waals surface area contributed by atoms with Crippen LogP contribution in [0.3, 0.4) is 0 Å². The van der Waals surface area contributed by atoms with Crippen molar-refractivity contribution in [2.75, 3.05) is 0 Å². The van der Waals surface area contributed by atoms with Crippen molar-refractivity contribution in [2.24, 2.45) is 0 Å². The molecule has 0 fully saturated rings. The van der Waals surface area contributed by atoms with E-state index in [4.69, 9.17) is 14.1 Å². The van der Waals surface area contributed by atoms with Gasteiger partial charge in [-0.25, -0.2) is 0 Å². The largest absolute Gasteiger partial charge is 2.00 e. The first kappa shape index (κ1) is 9.30. The molecule has 0 bridgehead atoms. The zero-order chi connectivity index (χ0) is 3.58. The SMILES string of the molecule is O=[Si](O)O.[Ca+2]. The van der Waals surface area contributed by atoms with E-state index in [2.05, 4.69) is 0 Å². The van der Waals surface area contributed by atoms with Crippen molar-refractivity contribution in [3.63, 3.8) is 0 Å². The fourth-order valence-electron chi connectivity index (χ4n) is 0. The molecule has 0 saturated carbocycles. The maximum Gasteiger partial charge on any atom is 2.00 e. The Morgan fingerprint density at radius 2 is 1.40 bits per heavy atom. The Bertz CT molecular complexity index is 29.9. The Kier molecular flexibility index (Phi) is 9.07. The zero-order valence-corrected chi connectivity index (χ0v) is 5.72. The normalized spacial score (nSPS) is 4.80. The molecule has 0 aromatic carbocycles. The predicted octanol–water partition coefficient (Wildman–Crippen LogP) is -1.99. The summed E-state index contributed by atoms with van der Waals surface area (Å²) in [6.45, 7) is 0. The summed E-state index contributed by atoms with van der Waals surface area (Å²) in [5, 5.41) is 0. The van der Waals surface area contributed by atoms with Crippen molar-refractivity contribution in [3.8, 4) is 0 Å². The molecular weight excluding hydrogens is 116 g/mol. The van der Waals surface area contributed by atoms with Crippen LogP contribution in [0, 0.1) is 0 Å². The summed E-state index contributed by atoms with van der Waals surface area (Å²) >= 11 is 0. The molecule has 5 heteroatoms. The zero-order valence-electron chi connectivity index (χ0n) is 2.51. The maximum atomic E-state index is 8.74. The molecule has 0 saturated heterocycles. The molecule has 0 aliphatic carbocycles. The Balaban J connectivity index is 0. The van der Waals surface area contributed by atoms with Crippen LogP contribution in [0.25, 0.3) is 0 Å².